The van der Waals surface area contributed by atoms with Crippen LogP contribution in [0.15, 0.2) is 0 Å². The Bertz CT molecular complexity index is 289. The molecule has 0 bridgehead atoms. The van der Waals surface area contributed by atoms with E-state index in [2.05, 4.69) is 24.5 Å². The van der Waals surface area contributed by atoms with Crippen molar-refractivity contribution in [2.24, 2.45) is 17.8 Å². The summed E-state index contributed by atoms with van der Waals surface area (Å²) in [5.41, 5.74) is 0. The molecular weight excluding hydrogens is 216 g/mol. The van der Waals surface area contributed by atoms with Crippen LogP contribution in [-0.4, -0.2) is 24.4 Å². The molecule has 0 radical (unpaired) electrons. The number of hydrogen-bond acceptors (Lipinski definition) is 2. The lowest BCUT2D eigenvalue weighted by atomic mass is 10.2. The number of hydrogen-bond donors (Lipinski definition) is 2. The third kappa shape index (κ3) is 4.36. The van der Waals surface area contributed by atoms with Crippen LogP contribution in [0.25, 0.3) is 0 Å². The maximum atomic E-state index is 11.7. The quantitative estimate of drug-likeness (QED) is 0.735. The Morgan fingerprint density at radius 3 is 2.29 bits per heavy atom. The first kappa shape index (κ1) is 14.0. The van der Waals surface area contributed by atoms with Crippen molar-refractivity contribution < 1.29 is 9.59 Å². The third-order valence-electron chi connectivity index (χ3n) is 3.15. The van der Waals surface area contributed by atoms with Crippen LogP contribution in [0.1, 0.15) is 40.5 Å². The minimum atomic E-state index is -0.101. The molecule has 2 N–H and O–H groups in total. The van der Waals surface area contributed by atoms with Crippen molar-refractivity contribution in [1.29, 1.82) is 0 Å². The van der Waals surface area contributed by atoms with Crippen LogP contribution in [0.2, 0.25) is 0 Å². The van der Waals surface area contributed by atoms with Gasteiger partial charge in [-0.25, -0.2) is 0 Å². The van der Waals surface area contributed by atoms with Crippen molar-refractivity contribution in [3.8, 4) is 0 Å². The van der Waals surface area contributed by atoms with Gasteiger partial charge in [-0.05, 0) is 25.7 Å². The highest BCUT2D eigenvalue weighted by Crippen LogP contribution is 2.38. The molecule has 3 atom stereocenters. The number of carbonyl (C=O) groups is 2. The summed E-state index contributed by atoms with van der Waals surface area (Å²) in [6, 6.07) is 0.197. The Morgan fingerprint density at radius 2 is 1.76 bits per heavy atom. The van der Waals surface area contributed by atoms with E-state index >= 15 is 0 Å². The van der Waals surface area contributed by atoms with Crippen LogP contribution in [0.4, 0.5) is 0 Å². The summed E-state index contributed by atoms with van der Waals surface area (Å²) in [4.78, 5) is 23.4. The van der Waals surface area contributed by atoms with E-state index in [1.54, 1.807) is 0 Å². The van der Waals surface area contributed by atoms with E-state index < -0.39 is 0 Å². The summed E-state index contributed by atoms with van der Waals surface area (Å²) in [6.07, 6.45) is 1.62. The highest BCUT2D eigenvalue weighted by Gasteiger charge is 2.47. The number of nitrogens with one attached hydrogen (secondary N) is 2. The summed E-state index contributed by atoms with van der Waals surface area (Å²) >= 11 is 0. The van der Waals surface area contributed by atoms with Crippen LogP contribution >= 0.6 is 0 Å². The molecule has 4 heteroatoms. The molecule has 1 aliphatic rings. The molecule has 0 saturated heterocycles. The highest BCUT2D eigenvalue weighted by atomic mass is 16.2. The average Bonchev–Trinajstić information content (AvgIpc) is 3.05. The normalized spacial score (nSPS) is 24.3. The molecule has 1 rings (SSSR count). The van der Waals surface area contributed by atoms with Gasteiger partial charge in [-0.1, -0.05) is 20.8 Å². The predicted octanol–water partition coefficient (Wildman–Crippen LogP) is 1.31. The molecule has 0 spiro atoms. The smallest absolute Gasteiger partial charge is 0.224 e. The molecule has 0 aliphatic heterocycles. The molecule has 98 valence electrons. The van der Waals surface area contributed by atoms with Gasteiger partial charge in [0.1, 0.15) is 0 Å². The van der Waals surface area contributed by atoms with Gasteiger partial charge < -0.3 is 10.6 Å². The lowest BCUT2D eigenvalue weighted by molar-refractivity contribution is -0.127. The van der Waals surface area contributed by atoms with Gasteiger partial charge in [0.15, 0.2) is 0 Å². The van der Waals surface area contributed by atoms with Crippen LogP contribution in [-0.2, 0) is 9.59 Å². The fourth-order valence-corrected chi connectivity index (χ4v) is 1.66. The molecule has 0 aromatic carbocycles. The molecule has 0 aromatic heterocycles. The molecule has 0 heterocycles. The second-order valence-electron chi connectivity index (χ2n) is 5.41. The Morgan fingerprint density at radius 1 is 1.18 bits per heavy atom. The number of carbonyl (C=O) groups excluding carboxylic acids is 2. The second kappa shape index (κ2) is 6.03. The maximum Gasteiger partial charge on any atom is 0.224 e. The first-order valence-corrected chi connectivity index (χ1v) is 6.53. The third-order valence-corrected chi connectivity index (χ3v) is 3.15. The average molecular weight is 240 g/mol. The van der Waals surface area contributed by atoms with E-state index in [0.29, 0.717) is 18.9 Å². The SMILES string of the molecule is CCC(C)NC(=O)C1CC1C(=O)NCC(C)C. The summed E-state index contributed by atoms with van der Waals surface area (Å²) in [7, 11) is 0. The summed E-state index contributed by atoms with van der Waals surface area (Å²) in [5, 5.41) is 5.80. The molecule has 17 heavy (non-hydrogen) atoms. The molecule has 4 nitrogen and oxygen atoms in total. The molecule has 0 aromatic rings. The number of amides is 2. The van der Waals surface area contributed by atoms with Crippen molar-refractivity contribution in [3.05, 3.63) is 0 Å². The van der Waals surface area contributed by atoms with Crippen LogP contribution in [0.3, 0.4) is 0 Å². The van der Waals surface area contributed by atoms with E-state index in [0.717, 1.165) is 6.42 Å². The van der Waals surface area contributed by atoms with Gasteiger partial charge in [0.25, 0.3) is 0 Å². The summed E-state index contributed by atoms with van der Waals surface area (Å²) in [5.74, 6) is 0.311. The predicted molar refractivity (Wildman–Crippen MR) is 67.3 cm³/mol. The van der Waals surface area contributed by atoms with Crippen LogP contribution in [0.5, 0.6) is 0 Å². The van der Waals surface area contributed by atoms with Gasteiger partial charge in [0.05, 0.1) is 11.8 Å². The van der Waals surface area contributed by atoms with Crippen molar-refractivity contribution in [2.45, 2.75) is 46.6 Å². The second-order valence-corrected chi connectivity index (χ2v) is 5.41. The first-order valence-electron chi connectivity index (χ1n) is 6.53. The minimum absolute atomic E-state index is 0.0306. The number of rotatable bonds is 6. The van der Waals surface area contributed by atoms with Crippen LogP contribution < -0.4 is 10.6 Å². The fraction of sp³-hybridized carbons (Fsp3) is 0.846. The Hall–Kier alpha value is -1.06. The molecule has 1 aliphatic carbocycles. The van der Waals surface area contributed by atoms with Gasteiger partial charge >= 0.3 is 0 Å². The molecular formula is C13H24N2O2. The van der Waals surface area contributed by atoms with Gasteiger partial charge in [-0.15, -0.1) is 0 Å². The monoisotopic (exact) mass is 240 g/mol. The van der Waals surface area contributed by atoms with Crippen LogP contribution in [0, 0.1) is 17.8 Å². The van der Waals surface area contributed by atoms with E-state index in [9.17, 15) is 9.59 Å². The summed E-state index contributed by atoms with van der Waals surface area (Å²) in [6.45, 7) is 8.81. The molecule has 2 amide bonds. The Kier molecular flexibility index (Phi) is 4.97. The standard InChI is InChI=1S/C13H24N2O2/c1-5-9(4)15-13(17)11-6-10(11)12(16)14-7-8(2)3/h8-11H,5-7H2,1-4H3,(H,14,16)(H,15,17). The molecule has 3 unspecified atom stereocenters. The van der Waals surface area contributed by atoms with Crippen molar-refractivity contribution in [3.63, 3.8) is 0 Å². The largest absolute Gasteiger partial charge is 0.356 e. The zero-order chi connectivity index (χ0) is 13.0. The minimum Gasteiger partial charge on any atom is -0.356 e. The Labute approximate surface area is 104 Å². The van der Waals surface area contributed by atoms with Gasteiger partial charge in [-0.3, -0.25) is 9.59 Å². The lowest BCUT2D eigenvalue weighted by Gasteiger charge is -2.11. The Balaban J connectivity index is 2.28. The van der Waals surface area contributed by atoms with Gasteiger partial charge in [0, 0.05) is 12.6 Å². The first-order chi connectivity index (χ1) is 7.95. The fourth-order valence-electron chi connectivity index (χ4n) is 1.66. The summed E-state index contributed by atoms with van der Waals surface area (Å²) < 4.78 is 0. The van der Waals surface area contributed by atoms with Crippen molar-refractivity contribution >= 4 is 11.8 Å². The molecule has 1 fully saturated rings. The lowest BCUT2D eigenvalue weighted by Crippen LogP contribution is -2.35. The van der Waals surface area contributed by atoms with Crippen molar-refractivity contribution in [1.82, 2.24) is 10.6 Å². The van der Waals surface area contributed by atoms with E-state index in [1.807, 2.05) is 13.8 Å². The van der Waals surface area contributed by atoms with Gasteiger partial charge in [0.2, 0.25) is 11.8 Å². The van der Waals surface area contributed by atoms with E-state index in [4.69, 9.17) is 0 Å². The highest BCUT2D eigenvalue weighted by molar-refractivity contribution is 5.92. The van der Waals surface area contributed by atoms with E-state index in [-0.39, 0.29) is 29.7 Å². The maximum absolute atomic E-state index is 11.7. The molecule has 1 saturated carbocycles. The topological polar surface area (TPSA) is 58.2 Å². The zero-order valence-corrected chi connectivity index (χ0v) is 11.2. The van der Waals surface area contributed by atoms with E-state index in [1.165, 1.54) is 0 Å². The zero-order valence-electron chi connectivity index (χ0n) is 11.2. The van der Waals surface area contributed by atoms with Gasteiger partial charge in [-0.2, -0.15) is 0 Å². The van der Waals surface area contributed by atoms with Crippen molar-refractivity contribution in [2.75, 3.05) is 6.54 Å².